The van der Waals surface area contributed by atoms with Gasteiger partial charge in [-0.1, -0.05) is 36.2 Å². The molecule has 1 atom stereocenters. The Labute approximate surface area is 93.8 Å². The number of halogens is 2. The third kappa shape index (κ3) is 3.05. The van der Waals surface area contributed by atoms with Crippen molar-refractivity contribution in [3.63, 3.8) is 0 Å². The second kappa shape index (κ2) is 5.44. The molecule has 2 N–H and O–H groups in total. The number of aliphatic hydroxyl groups excluding tert-OH is 1. The summed E-state index contributed by atoms with van der Waals surface area (Å²) in [5.41, 5.74) is 0.756. The van der Waals surface area contributed by atoms with E-state index in [1.807, 2.05) is 19.1 Å². The van der Waals surface area contributed by atoms with Gasteiger partial charge in [0.2, 0.25) is 0 Å². The van der Waals surface area contributed by atoms with Crippen LogP contribution in [0.2, 0.25) is 10.0 Å². The summed E-state index contributed by atoms with van der Waals surface area (Å²) in [5.74, 6) is 0. The summed E-state index contributed by atoms with van der Waals surface area (Å²) in [6.07, 6.45) is 0.357. The van der Waals surface area contributed by atoms with Gasteiger partial charge in [0.1, 0.15) is 0 Å². The van der Waals surface area contributed by atoms with E-state index in [1.54, 1.807) is 6.07 Å². The van der Waals surface area contributed by atoms with Crippen LogP contribution in [0.4, 0.5) is 5.69 Å². The van der Waals surface area contributed by atoms with Crippen LogP contribution in [0.15, 0.2) is 18.2 Å². The minimum Gasteiger partial charge on any atom is -0.391 e. The quantitative estimate of drug-likeness (QED) is 0.838. The van der Waals surface area contributed by atoms with Crippen LogP contribution >= 0.6 is 23.2 Å². The summed E-state index contributed by atoms with van der Waals surface area (Å²) in [6.45, 7) is 2.41. The van der Waals surface area contributed by atoms with Crippen LogP contribution in [0.5, 0.6) is 0 Å². The number of hydrogen-bond donors (Lipinski definition) is 2. The van der Waals surface area contributed by atoms with E-state index in [2.05, 4.69) is 5.32 Å². The highest BCUT2D eigenvalue weighted by Gasteiger charge is 2.05. The van der Waals surface area contributed by atoms with Crippen LogP contribution < -0.4 is 5.32 Å². The van der Waals surface area contributed by atoms with Gasteiger partial charge in [0.05, 0.1) is 21.8 Å². The summed E-state index contributed by atoms with van der Waals surface area (Å²) in [5, 5.41) is 13.4. The molecule has 1 rings (SSSR count). The fourth-order valence-electron chi connectivity index (χ4n) is 1.01. The van der Waals surface area contributed by atoms with Gasteiger partial charge >= 0.3 is 0 Å². The molecule has 0 bridgehead atoms. The molecule has 14 heavy (non-hydrogen) atoms. The SMILES string of the molecule is CCC(O)CNc1cccc(Cl)c1Cl. The smallest absolute Gasteiger partial charge is 0.0823 e. The molecular weight excluding hydrogens is 221 g/mol. The van der Waals surface area contributed by atoms with Crippen molar-refractivity contribution in [3.05, 3.63) is 28.2 Å². The normalized spacial score (nSPS) is 12.6. The van der Waals surface area contributed by atoms with Crippen LogP contribution in [-0.4, -0.2) is 17.8 Å². The first kappa shape index (κ1) is 11.6. The van der Waals surface area contributed by atoms with Crippen molar-refractivity contribution in [2.24, 2.45) is 0 Å². The largest absolute Gasteiger partial charge is 0.391 e. The summed E-state index contributed by atoms with van der Waals surface area (Å²) in [7, 11) is 0. The number of anilines is 1. The Bertz CT molecular complexity index is 304. The Balaban J connectivity index is 2.63. The highest BCUT2D eigenvalue weighted by Crippen LogP contribution is 2.29. The van der Waals surface area contributed by atoms with Gasteiger partial charge in [-0.05, 0) is 18.6 Å². The summed E-state index contributed by atoms with van der Waals surface area (Å²) in [6, 6.07) is 5.37. The zero-order valence-corrected chi connectivity index (χ0v) is 9.44. The second-order valence-electron chi connectivity index (χ2n) is 3.04. The molecule has 0 aliphatic rings. The molecule has 0 aromatic heterocycles. The Morgan fingerprint density at radius 1 is 1.43 bits per heavy atom. The van der Waals surface area contributed by atoms with Crippen molar-refractivity contribution in [1.29, 1.82) is 0 Å². The maximum absolute atomic E-state index is 9.34. The zero-order chi connectivity index (χ0) is 10.6. The molecule has 1 aromatic carbocycles. The monoisotopic (exact) mass is 233 g/mol. The second-order valence-corrected chi connectivity index (χ2v) is 3.83. The van der Waals surface area contributed by atoms with Crippen molar-refractivity contribution in [3.8, 4) is 0 Å². The molecule has 0 saturated carbocycles. The van der Waals surface area contributed by atoms with Gasteiger partial charge < -0.3 is 10.4 Å². The van der Waals surface area contributed by atoms with E-state index in [4.69, 9.17) is 23.2 Å². The van der Waals surface area contributed by atoms with E-state index in [-0.39, 0.29) is 6.10 Å². The Kier molecular flexibility index (Phi) is 4.52. The first-order valence-electron chi connectivity index (χ1n) is 4.51. The number of aliphatic hydroxyl groups is 1. The molecule has 0 aliphatic heterocycles. The highest BCUT2D eigenvalue weighted by atomic mass is 35.5. The maximum Gasteiger partial charge on any atom is 0.0823 e. The van der Waals surface area contributed by atoms with Crippen LogP contribution in [0.3, 0.4) is 0 Å². The average molecular weight is 234 g/mol. The zero-order valence-electron chi connectivity index (χ0n) is 7.93. The van der Waals surface area contributed by atoms with E-state index in [0.717, 1.165) is 5.69 Å². The summed E-state index contributed by atoms with van der Waals surface area (Å²) in [4.78, 5) is 0. The Hall–Kier alpha value is -0.440. The molecule has 0 amide bonds. The van der Waals surface area contributed by atoms with Gasteiger partial charge in [-0.15, -0.1) is 0 Å². The van der Waals surface area contributed by atoms with E-state index in [1.165, 1.54) is 0 Å². The molecule has 0 heterocycles. The Morgan fingerprint density at radius 3 is 2.79 bits per heavy atom. The molecule has 0 spiro atoms. The van der Waals surface area contributed by atoms with Gasteiger partial charge in [-0.3, -0.25) is 0 Å². The minimum atomic E-state index is -0.356. The number of nitrogens with one attached hydrogen (secondary N) is 1. The first-order chi connectivity index (χ1) is 6.65. The van der Waals surface area contributed by atoms with E-state index >= 15 is 0 Å². The summed E-state index contributed by atoms with van der Waals surface area (Å²) < 4.78 is 0. The van der Waals surface area contributed by atoms with Crippen LogP contribution in [-0.2, 0) is 0 Å². The molecule has 4 heteroatoms. The molecule has 2 nitrogen and oxygen atoms in total. The minimum absolute atomic E-state index is 0.356. The topological polar surface area (TPSA) is 32.3 Å². The van der Waals surface area contributed by atoms with Gasteiger partial charge in [0.15, 0.2) is 0 Å². The molecule has 0 aliphatic carbocycles. The highest BCUT2D eigenvalue weighted by molar-refractivity contribution is 6.43. The van der Waals surface area contributed by atoms with Crippen molar-refractivity contribution >= 4 is 28.9 Å². The fraction of sp³-hybridized carbons (Fsp3) is 0.400. The van der Waals surface area contributed by atoms with E-state index in [0.29, 0.717) is 23.0 Å². The molecule has 1 unspecified atom stereocenters. The molecule has 0 fully saturated rings. The van der Waals surface area contributed by atoms with Crippen molar-refractivity contribution in [1.82, 2.24) is 0 Å². The van der Waals surface area contributed by atoms with Gasteiger partial charge in [0, 0.05) is 6.54 Å². The predicted octanol–water partition coefficient (Wildman–Crippen LogP) is 3.18. The van der Waals surface area contributed by atoms with Gasteiger partial charge in [-0.2, -0.15) is 0 Å². The number of benzene rings is 1. The van der Waals surface area contributed by atoms with Gasteiger partial charge in [0.25, 0.3) is 0 Å². The number of hydrogen-bond acceptors (Lipinski definition) is 2. The molecule has 78 valence electrons. The maximum atomic E-state index is 9.34. The standard InChI is InChI=1S/C10H13Cl2NO/c1-2-7(14)6-13-9-5-3-4-8(11)10(9)12/h3-5,7,13-14H,2,6H2,1H3. The van der Waals surface area contributed by atoms with Crippen molar-refractivity contribution in [2.75, 3.05) is 11.9 Å². The predicted molar refractivity (Wildman–Crippen MR) is 61.2 cm³/mol. The first-order valence-corrected chi connectivity index (χ1v) is 5.26. The molecule has 1 aromatic rings. The van der Waals surface area contributed by atoms with Crippen molar-refractivity contribution < 1.29 is 5.11 Å². The lowest BCUT2D eigenvalue weighted by molar-refractivity contribution is 0.183. The average Bonchev–Trinajstić information content (AvgIpc) is 2.20. The number of rotatable bonds is 4. The third-order valence-electron chi connectivity index (χ3n) is 1.95. The third-order valence-corrected chi connectivity index (χ3v) is 2.77. The molecule has 0 saturated heterocycles. The molecule has 0 radical (unpaired) electrons. The van der Waals surface area contributed by atoms with E-state index in [9.17, 15) is 5.11 Å². The van der Waals surface area contributed by atoms with E-state index < -0.39 is 0 Å². The summed E-state index contributed by atoms with van der Waals surface area (Å²) >= 11 is 11.8. The lowest BCUT2D eigenvalue weighted by Crippen LogP contribution is -2.18. The lowest BCUT2D eigenvalue weighted by Gasteiger charge is -2.12. The van der Waals surface area contributed by atoms with Crippen LogP contribution in [0.25, 0.3) is 0 Å². The fourth-order valence-corrected chi connectivity index (χ4v) is 1.38. The lowest BCUT2D eigenvalue weighted by atomic mass is 10.2. The van der Waals surface area contributed by atoms with Crippen molar-refractivity contribution in [2.45, 2.75) is 19.4 Å². The Morgan fingerprint density at radius 2 is 2.14 bits per heavy atom. The molecular formula is C10H13Cl2NO. The van der Waals surface area contributed by atoms with Gasteiger partial charge in [-0.25, -0.2) is 0 Å². The van der Waals surface area contributed by atoms with Crippen LogP contribution in [0, 0.1) is 0 Å². The van der Waals surface area contributed by atoms with Crippen LogP contribution in [0.1, 0.15) is 13.3 Å².